The summed E-state index contributed by atoms with van der Waals surface area (Å²) in [6, 6.07) is 1.82. The molecule has 1 fully saturated rings. The van der Waals surface area contributed by atoms with Crippen molar-refractivity contribution in [2.75, 3.05) is 26.9 Å². The van der Waals surface area contributed by atoms with Gasteiger partial charge in [-0.2, -0.15) is 4.31 Å². The summed E-state index contributed by atoms with van der Waals surface area (Å²) >= 11 is 0. The first kappa shape index (κ1) is 21.3. The topological polar surface area (TPSA) is 82.1 Å². The highest BCUT2D eigenvalue weighted by Gasteiger charge is 2.41. The third-order valence-corrected chi connectivity index (χ3v) is 5.88. The first-order valence-corrected chi connectivity index (χ1v) is 9.34. The van der Waals surface area contributed by atoms with Gasteiger partial charge in [0.25, 0.3) is 0 Å². The molecule has 0 saturated carbocycles. The molecule has 1 unspecified atom stereocenters. The Bertz CT molecular complexity index is 684. The molecule has 1 aromatic carbocycles. The van der Waals surface area contributed by atoms with Gasteiger partial charge in [-0.3, -0.25) is 4.94 Å². The van der Waals surface area contributed by atoms with Gasteiger partial charge in [0.05, 0.1) is 25.2 Å². The fraction of sp³-hybridized carbons (Fsp3) is 0.562. The summed E-state index contributed by atoms with van der Waals surface area (Å²) in [5, 5.41) is 0. The Morgan fingerprint density at radius 3 is 2.32 bits per heavy atom. The number of benzene rings is 1. The second kappa shape index (κ2) is 9.12. The summed E-state index contributed by atoms with van der Waals surface area (Å²) in [5.74, 6) is -0.766. The van der Waals surface area contributed by atoms with E-state index in [9.17, 15) is 17.7 Å². The fourth-order valence-electron chi connectivity index (χ4n) is 2.67. The maximum atomic E-state index is 13.0. The quantitative estimate of drug-likeness (QED) is 0.800. The van der Waals surface area contributed by atoms with Crippen LogP contribution in [-0.4, -0.2) is 51.6 Å². The minimum Gasteiger partial charge on any atom is -0.497 e. The molecule has 7 nitrogen and oxygen atoms in total. The predicted molar refractivity (Wildman–Crippen MR) is 89.5 cm³/mol. The molecule has 1 aliphatic heterocycles. The third kappa shape index (κ3) is 4.47. The van der Waals surface area contributed by atoms with Crippen LogP contribution in [0.5, 0.6) is 5.75 Å². The molecule has 25 heavy (non-hydrogen) atoms. The van der Waals surface area contributed by atoms with Gasteiger partial charge in [0, 0.05) is 11.1 Å². The lowest BCUT2D eigenvalue weighted by Crippen LogP contribution is -2.52. The van der Waals surface area contributed by atoms with E-state index in [1.165, 1.54) is 7.11 Å². The van der Waals surface area contributed by atoms with Crippen molar-refractivity contribution in [2.45, 2.75) is 38.6 Å². The Kier molecular flexibility index (Phi) is 7.78. The molecule has 142 valence electrons. The maximum Gasteiger partial charge on any atom is 0.369 e. The standard InChI is InChI=1S/C14H18FNO6S.C2H6/c1-9-6-11(20-3)7-10(2)13(9)23(18,19)16-4-5-21-8-12(16)14(17)22-15;1-2/h6-7,12H,4-5,8H2,1-3H3;1-2H3. The van der Waals surface area contributed by atoms with E-state index in [-0.39, 0.29) is 24.7 Å². The second-order valence-electron chi connectivity index (χ2n) is 5.19. The zero-order valence-corrected chi connectivity index (χ0v) is 15.9. The van der Waals surface area contributed by atoms with Gasteiger partial charge in [0.1, 0.15) is 11.8 Å². The van der Waals surface area contributed by atoms with Crippen LogP contribution < -0.4 is 4.74 Å². The summed E-state index contributed by atoms with van der Waals surface area (Å²) in [4.78, 5) is 14.8. The van der Waals surface area contributed by atoms with Crippen LogP contribution in [0.2, 0.25) is 0 Å². The molecular formula is C16H24FNO6S. The summed E-state index contributed by atoms with van der Waals surface area (Å²) in [6.07, 6.45) is 0. The van der Waals surface area contributed by atoms with Crippen LogP contribution in [0.4, 0.5) is 4.53 Å². The number of morpholine rings is 1. The number of sulfonamides is 1. The number of methoxy groups -OCH3 is 1. The average molecular weight is 377 g/mol. The molecule has 0 spiro atoms. The van der Waals surface area contributed by atoms with Crippen molar-refractivity contribution >= 4 is 16.0 Å². The van der Waals surface area contributed by atoms with Crippen molar-refractivity contribution in [1.29, 1.82) is 0 Å². The predicted octanol–water partition coefficient (Wildman–Crippen LogP) is 2.16. The normalized spacial score (nSPS) is 18.1. The number of carbonyl (C=O) groups is 1. The number of aryl methyl sites for hydroxylation is 2. The van der Waals surface area contributed by atoms with Crippen LogP contribution in [-0.2, 0) is 24.5 Å². The molecule has 0 N–H and O–H groups in total. The molecule has 0 aliphatic carbocycles. The van der Waals surface area contributed by atoms with E-state index < -0.39 is 22.0 Å². The van der Waals surface area contributed by atoms with Gasteiger partial charge in [0.15, 0.2) is 0 Å². The van der Waals surface area contributed by atoms with Crippen LogP contribution in [0.15, 0.2) is 17.0 Å². The average Bonchev–Trinajstić information content (AvgIpc) is 2.61. The molecule has 0 amide bonds. The lowest BCUT2D eigenvalue weighted by Gasteiger charge is -2.32. The molecule has 1 aliphatic rings. The van der Waals surface area contributed by atoms with Crippen molar-refractivity contribution in [2.24, 2.45) is 0 Å². The van der Waals surface area contributed by atoms with Gasteiger partial charge < -0.3 is 9.47 Å². The monoisotopic (exact) mass is 377 g/mol. The largest absolute Gasteiger partial charge is 0.497 e. The van der Waals surface area contributed by atoms with Gasteiger partial charge in [-0.25, -0.2) is 13.2 Å². The van der Waals surface area contributed by atoms with Gasteiger partial charge >= 0.3 is 5.97 Å². The van der Waals surface area contributed by atoms with Gasteiger partial charge in [0.2, 0.25) is 10.0 Å². The Hall–Kier alpha value is -1.71. The van der Waals surface area contributed by atoms with Crippen LogP contribution in [0.1, 0.15) is 25.0 Å². The van der Waals surface area contributed by atoms with E-state index in [2.05, 4.69) is 4.94 Å². The minimum atomic E-state index is -4.02. The number of halogens is 1. The molecule has 1 saturated heterocycles. The Balaban J connectivity index is 0.00000151. The number of ether oxygens (including phenoxy) is 2. The molecule has 1 atom stereocenters. The van der Waals surface area contributed by atoms with E-state index in [1.54, 1.807) is 26.0 Å². The molecular weight excluding hydrogens is 353 g/mol. The molecule has 1 heterocycles. The number of carbonyl (C=O) groups excluding carboxylic acids is 1. The third-order valence-electron chi connectivity index (χ3n) is 3.66. The number of nitrogens with zero attached hydrogens (tertiary/aromatic N) is 1. The molecule has 9 heteroatoms. The van der Waals surface area contributed by atoms with Crippen molar-refractivity contribution in [3.63, 3.8) is 0 Å². The highest BCUT2D eigenvalue weighted by atomic mass is 32.2. The summed E-state index contributed by atoms with van der Waals surface area (Å²) in [6.45, 7) is 7.06. The van der Waals surface area contributed by atoms with Crippen molar-refractivity contribution < 1.29 is 32.2 Å². The van der Waals surface area contributed by atoms with Crippen molar-refractivity contribution in [3.05, 3.63) is 23.3 Å². The molecule has 2 rings (SSSR count). The lowest BCUT2D eigenvalue weighted by atomic mass is 10.1. The molecule has 1 aromatic rings. The second-order valence-corrected chi connectivity index (χ2v) is 7.02. The van der Waals surface area contributed by atoms with E-state index in [0.29, 0.717) is 16.9 Å². The van der Waals surface area contributed by atoms with Crippen molar-refractivity contribution in [1.82, 2.24) is 4.31 Å². The highest BCUT2D eigenvalue weighted by molar-refractivity contribution is 7.89. The number of hydrogen-bond acceptors (Lipinski definition) is 6. The van der Waals surface area contributed by atoms with E-state index in [0.717, 1.165) is 4.31 Å². The summed E-state index contributed by atoms with van der Waals surface area (Å²) in [7, 11) is -2.54. The Morgan fingerprint density at radius 2 is 1.84 bits per heavy atom. The van der Waals surface area contributed by atoms with E-state index in [4.69, 9.17) is 9.47 Å². The lowest BCUT2D eigenvalue weighted by molar-refractivity contribution is -0.192. The SMILES string of the molecule is CC.COc1cc(C)c(S(=O)(=O)N2CCOCC2C(=O)OF)c(C)c1. The molecule has 0 bridgehead atoms. The zero-order valence-electron chi connectivity index (χ0n) is 15.0. The van der Waals surface area contributed by atoms with E-state index >= 15 is 0 Å². The Morgan fingerprint density at radius 1 is 1.28 bits per heavy atom. The number of rotatable bonds is 4. The first-order valence-electron chi connectivity index (χ1n) is 7.90. The molecule has 0 radical (unpaired) electrons. The molecule has 0 aromatic heterocycles. The summed E-state index contributed by atoms with van der Waals surface area (Å²) < 4.78 is 49.3. The smallest absolute Gasteiger partial charge is 0.369 e. The van der Waals surface area contributed by atoms with Crippen LogP contribution in [0.25, 0.3) is 0 Å². The van der Waals surface area contributed by atoms with Crippen LogP contribution in [0.3, 0.4) is 0 Å². The zero-order chi connectivity index (χ0) is 19.2. The van der Waals surface area contributed by atoms with E-state index in [1.807, 2.05) is 13.8 Å². The van der Waals surface area contributed by atoms with Gasteiger partial charge in [-0.1, -0.05) is 13.8 Å². The summed E-state index contributed by atoms with van der Waals surface area (Å²) in [5.41, 5.74) is 0.946. The highest BCUT2D eigenvalue weighted by Crippen LogP contribution is 2.30. The fourth-order valence-corrected chi connectivity index (χ4v) is 4.63. The van der Waals surface area contributed by atoms with Crippen molar-refractivity contribution in [3.8, 4) is 5.75 Å². The maximum absolute atomic E-state index is 13.0. The minimum absolute atomic E-state index is 0.0625. The van der Waals surface area contributed by atoms with Gasteiger partial charge in [-0.05, 0) is 37.1 Å². The Labute approximate surface area is 147 Å². The first-order chi connectivity index (χ1) is 11.8. The van der Waals surface area contributed by atoms with Crippen LogP contribution >= 0.6 is 0 Å². The number of hydrogen-bond donors (Lipinski definition) is 0. The van der Waals surface area contributed by atoms with Gasteiger partial charge in [-0.15, -0.1) is 0 Å². The van der Waals surface area contributed by atoms with Crippen LogP contribution in [0, 0.1) is 13.8 Å².